The molecule has 3 rings (SSSR count). The zero-order valence-corrected chi connectivity index (χ0v) is 14.4. The molecule has 0 atom stereocenters. The van der Waals surface area contributed by atoms with Crippen LogP contribution in [0.15, 0.2) is 24.3 Å². The molecule has 0 bridgehead atoms. The molecule has 2 amide bonds. The second kappa shape index (κ2) is 8.49. The van der Waals surface area contributed by atoms with Crippen molar-refractivity contribution < 1.29 is 9.90 Å². The lowest BCUT2D eigenvalue weighted by Gasteiger charge is -2.31. The Labute approximate surface area is 144 Å². The first kappa shape index (κ1) is 17.2. The molecule has 0 spiro atoms. The lowest BCUT2D eigenvalue weighted by Crippen LogP contribution is -2.45. The zero-order valence-electron chi connectivity index (χ0n) is 14.4. The van der Waals surface area contributed by atoms with Crippen molar-refractivity contribution in [3.63, 3.8) is 0 Å². The maximum Gasteiger partial charge on any atom is 0.317 e. The first-order valence-corrected chi connectivity index (χ1v) is 9.19. The van der Waals surface area contributed by atoms with E-state index < -0.39 is 0 Å². The summed E-state index contributed by atoms with van der Waals surface area (Å²) >= 11 is 0. The SMILES string of the molecule is O=C(NCCCN1CCc2ccccc2C1)N1CCC(CO)CC1. The van der Waals surface area contributed by atoms with Crippen molar-refractivity contribution in [2.45, 2.75) is 32.2 Å². The van der Waals surface area contributed by atoms with Gasteiger partial charge in [0.25, 0.3) is 0 Å². The van der Waals surface area contributed by atoms with Crippen LogP contribution in [0.25, 0.3) is 0 Å². The Balaban J connectivity index is 1.32. The van der Waals surface area contributed by atoms with E-state index in [1.54, 1.807) is 0 Å². The summed E-state index contributed by atoms with van der Waals surface area (Å²) in [5.74, 6) is 0.371. The molecule has 1 fully saturated rings. The van der Waals surface area contributed by atoms with E-state index >= 15 is 0 Å². The van der Waals surface area contributed by atoms with Gasteiger partial charge in [0, 0.05) is 45.9 Å². The van der Waals surface area contributed by atoms with Gasteiger partial charge in [0.05, 0.1) is 0 Å². The standard InChI is InChI=1S/C19H29N3O2/c23-15-16-6-12-22(13-7-16)19(24)20-9-3-10-21-11-8-17-4-1-2-5-18(17)14-21/h1-2,4-5,16,23H,3,6-15H2,(H,20,24). The highest BCUT2D eigenvalue weighted by Crippen LogP contribution is 2.18. The molecule has 2 aliphatic rings. The van der Waals surface area contributed by atoms with E-state index in [4.69, 9.17) is 5.11 Å². The van der Waals surface area contributed by atoms with Crippen molar-refractivity contribution in [1.29, 1.82) is 0 Å². The normalized spacial score (nSPS) is 19.1. The maximum absolute atomic E-state index is 12.1. The summed E-state index contributed by atoms with van der Waals surface area (Å²) in [5.41, 5.74) is 2.92. The smallest absolute Gasteiger partial charge is 0.317 e. The Kier molecular flexibility index (Phi) is 6.10. The quantitative estimate of drug-likeness (QED) is 0.810. The molecule has 132 valence electrons. The molecule has 2 aliphatic heterocycles. The van der Waals surface area contributed by atoms with E-state index in [1.165, 1.54) is 11.1 Å². The number of hydrogen-bond acceptors (Lipinski definition) is 3. The minimum Gasteiger partial charge on any atom is -0.396 e. The molecule has 1 aromatic carbocycles. The summed E-state index contributed by atoms with van der Waals surface area (Å²) in [4.78, 5) is 16.5. The first-order chi connectivity index (χ1) is 11.8. The number of hydrogen-bond donors (Lipinski definition) is 2. The molecule has 5 heteroatoms. The van der Waals surface area contributed by atoms with Gasteiger partial charge in [-0.25, -0.2) is 4.79 Å². The maximum atomic E-state index is 12.1. The van der Waals surface area contributed by atoms with Crippen LogP contribution in [0.4, 0.5) is 4.79 Å². The predicted molar refractivity (Wildman–Crippen MR) is 94.8 cm³/mol. The van der Waals surface area contributed by atoms with Crippen molar-refractivity contribution in [2.24, 2.45) is 5.92 Å². The highest BCUT2D eigenvalue weighted by atomic mass is 16.3. The number of urea groups is 1. The fourth-order valence-corrected chi connectivity index (χ4v) is 3.67. The fraction of sp³-hybridized carbons (Fsp3) is 0.632. The Morgan fingerprint density at radius 1 is 1.17 bits per heavy atom. The molecule has 0 radical (unpaired) electrons. The Bertz CT molecular complexity index is 541. The van der Waals surface area contributed by atoms with Gasteiger partial charge < -0.3 is 15.3 Å². The number of aliphatic hydroxyl groups excluding tert-OH is 1. The number of aliphatic hydroxyl groups is 1. The van der Waals surface area contributed by atoms with E-state index in [9.17, 15) is 4.79 Å². The minimum absolute atomic E-state index is 0.0513. The minimum atomic E-state index is 0.0513. The highest BCUT2D eigenvalue weighted by molar-refractivity contribution is 5.74. The summed E-state index contributed by atoms with van der Waals surface area (Å²) < 4.78 is 0. The van der Waals surface area contributed by atoms with Crippen LogP contribution in [0.2, 0.25) is 0 Å². The van der Waals surface area contributed by atoms with Gasteiger partial charge in [-0.05, 0) is 42.7 Å². The summed E-state index contributed by atoms with van der Waals surface area (Å²) in [6.07, 6.45) is 3.94. The predicted octanol–water partition coefficient (Wildman–Crippen LogP) is 1.85. The van der Waals surface area contributed by atoms with Crippen LogP contribution in [-0.2, 0) is 13.0 Å². The third-order valence-electron chi connectivity index (χ3n) is 5.30. The molecular weight excluding hydrogens is 302 g/mol. The van der Waals surface area contributed by atoms with Crippen LogP contribution in [0.1, 0.15) is 30.4 Å². The number of piperidine rings is 1. The van der Waals surface area contributed by atoms with Gasteiger partial charge in [-0.2, -0.15) is 0 Å². The number of likely N-dealkylation sites (tertiary alicyclic amines) is 1. The van der Waals surface area contributed by atoms with E-state index in [-0.39, 0.29) is 12.6 Å². The summed E-state index contributed by atoms with van der Waals surface area (Å²) in [6.45, 7) is 5.67. The number of nitrogens with one attached hydrogen (secondary N) is 1. The highest BCUT2D eigenvalue weighted by Gasteiger charge is 2.22. The van der Waals surface area contributed by atoms with E-state index in [1.807, 2.05) is 4.90 Å². The third kappa shape index (κ3) is 4.48. The first-order valence-electron chi connectivity index (χ1n) is 9.19. The van der Waals surface area contributed by atoms with Crippen molar-refractivity contribution in [1.82, 2.24) is 15.1 Å². The molecule has 2 heterocycles. The summed E-state index contributed by atoms with van der Waals surface area (Å²) in [6, 6.07) is 8.73. The van der Waals surface area contributed by atoms with Crippen LogP contribution in [0.5, 0.6) is 0 Å². The van der Waals surface area contributed by atoms with E-state index in [0.29, 0.717) is 5.92 Å². The lowest BCUT2D eigenvalue weighted by molar-refractivity contribution is 0.137. The van der Waals surface area contributed by atoms with Crippen LogP contribution in [0.3, 0.4) is 0 Å². The van der Waals surface area contributed by atoms with Gasteiger partial charge >= 0.3 is 6.03 Å². The third-order valence-corrected chi connectivity index (χ3v) is 5.30. The fourth-order valence-electron chi connectivity index (χ4n) is 3.67. The average Bonchev–Trinajstić information content (AvgIpc) is 2.65. The van der Waals surface area contributed by atoms with Crippen LogP contribution in [0, 0.1) is 5.92 Å². The van der Waals surface area contributed by atoms with Crippen molar-refractivity contribution in [2.75, 3.05) is 39.3 Å². The van der Waals surface area contributed by atoms with Crippen molar-refractivity contribution in [3.8, 4) is 0 Å². The second-order valence-corrected chi connectivity index (χ2v) is 6.99. The lowest BCUT2D eigenvalue weighted by atomic mass is 9.98. The molecule has 2 N–H and O–H groups in total. The molecular formula is C19H29N3O2. The molecule has 0 saturated carbocycles. The number of benzene rings is 1. The van der Waals surface area contributed by atoms with Gasteiger partial charge in [0.1, 0.15) is 0 Å². The number of amides is 2. The molecule has 1 aromatic rings. The number of carbonyl (C=O) groups is 1. The molecule has 0 aromatic heterocycles. The number of nitrogens with zero attached hydrogens (tertiary/aromatic N) is 2. The van der Waals surface area contributed by atoms with Gasteiger partial charge in [-0.1, -0.05) is 24.3 Å². The summed E-state index contributed by atoms with van der Waals surface area (Å²) in [7, 11) is 0. The summed E-state index contributed by atoms with van der Waals surface area (Å²) in [5, 5.41) is 12.2. The Hall–Kier alpha value is -1.59. The molecule has 0 unspecified atom stereocenters. The topological polar surface area (TPSA) is 55.8 Å². The number of fused-ring (bicyclic) bond motifs is 1. The number of carbonyl (C=O) groups excluding carboxylic acids is 1. The Morgan fingerprint density at radius 2 is 1.92 bits per heavy atom. The van der Waals surface area contributed by atoms with Gasteiger partial charge in [-0.15, -0.1) is 0 Å². The second-order valence-electron chi connectivity index (χ2n) is 6.99. The average molecular weight is 331 g/mol. The zero-order chi connectivity index (χ0) is 16.8. The van der Waals surface area contributed by atoms with Gasteiger partial charge in [-0.3, -0.25) is 4.90 Å². The number of rotatable bonds is 5. The molecule has 1 saturated heterocycles. The van der Waals surface area contributed by atoms with Gasteiger partial charge in [0.15, 0.2) is 0 Å². The van der Waals surface area contributed by atoms with E-state index in [2.05, 4.69) is 34.5 Å². The monoisotopic (exact) mass is 331 g/mol. The van der Waals surface area contributed by atoms with E-state index in [0.717, 1.165) is 65.0 Å². The van der Waals surface area contributed by atoms with Gasteiger partial charge in [0.2, 0.25) is 0 Å². The van der Waals surface area contributed by atoms with Crippen LogP contribution >= 0.6 is 0 Å². The van der Waals surface area contributed by atoms with Crippen LogP contribution < -0.4 is 5.32 Å². The van der Waals surface area contributed by atoms with Crippen LogP contribution in [-0.4, -0.2) is 60.3 Å². The van der Waals surface area contributed by atoms with Crippen molar-refractivity contribution >= 4 is 6.03 Å². The van der Waals surface area contributed by atoms with Crippen molar-refractivity contribution in [3.05, 3.63) is 35.4 Å². The largest absolute Gasteiger partial charge is 0.396 e. The Morgan fingerprint density at radius 3 is 2.67 bits per heavy atom. The molecule has 0 aliphatic carbocycles. The molecule has 24 heavy (non-hydrogen) atoms. The molecule has 5 nitrogen and oxygen atoms in total.